The van der Waals surface area contributed by atoms with Gasteiger partial charge in [-0.15, -0.1) is 0 Å². The van der Waals surface area contributed by atoms with Gasteiger partial charge in [0, 0.05) is 12.1 Å². The Balaban J connectivity index is 2.43. The van der Waals surface area contributed by atoms with Gasteiger partial charge in [-0.25, -0.2) is 0 Å². The largest absolute Gasteiger partial charge is 0.312 e. The van der Waals surface area contributed by atoms with Gasteiger partial charge in [0.05, 0.1) is 0 Å². The molecule has 0 aromatic heterocycles. The molecule has 1 N–H and O–H groups in total. The number of nitrogens with one attached hydrogen (secondary N) is 1. The van der Waals surface area contributed by atoms with E-state index in [4.69, 9.17) is 0 Å². The first-order valence-electron chi connectivity index (χ1n) is 7.99. The summed E-state index contributed by atoms with van der Waals surface area (Å²) in [5, 5.41) is 3.53. The molecule has 0 heterocycles. The highest BCUT2D eigenvalue weighted by molar-refractivity contribution is 5.22. The lowest BCUT2D eigenvalue weighted by Crippen LogP contribution is -2.37. The zero-order valence-electron chi connectivity index (χ0n) is 14.0. The van der Waals surface area contributed by atoms with Crippen LogP contribution in [0.1, 0.15) is 52.2 Å². The van der Waals surface area contributed by atoms with Gasteiger partial charge in [-0.1, -0.05) is 38.1 Å². The Morgan fingerprint density at radius 2 is 1.60 bits per heavy atom. The summed E-state index contributed by atoms with van der Waals surface area (Å²) in [5.74, 6) is 0. The van der Waals surface area contributed by atoms with Crippen molar-refractivity contribution in [2.75, 3.05) is 19.6 Å². The number of nitrogens with zero attached hydrogens (tertiary/aromatic N) is 1. The fourth-order valence-corrected chi connectivity index (χ4v) is 2.32. The SMILES string of the molecule is CCCN(CC)Cc1ccc(CCNC(C)(C)C)cc1. The molecule has 0 aliphatic rings. The predicted molar refractivity (Wildman–Crippen MR) is 89.1 cm³/mol. The van der Waals surface area contributed by atoms with Crippen molar-refractivity contribution in [2.24, 2.45) is 0 Å². The molecule has 114 valence electrons. The Bertz CT molecular complexity index is 362. The maximum absolute atomic E-state index is 3.53. The van der Waals surface area contributed by atoms with E-state index in [9.17, 15) is 0 Å². The Morgan fingerprint density at radius 1 is 1.00 bits per heavy atom. The van der Waals surface area contributed by atoms with Crippen LogP contribution < -0.4 is 5.32 Å². The van der Waals surface area contributed by atoms with Gasteiger partial charge in [-0.05, 0) is 64.4 Å². The maximum atomic E-state index is 3.53. The van der Waals surface area contributed by atoms with E-state index >= 15 is 0 Å². The summed E-state index contributed by atoms with van der Waals surface area (Å²) in [7, 11) is 0. The summed E-state index contributed by atoms with van der Waals surface area (Å²) in [5.41, 5.74) is 3.05. The molecule has 2 nitrogen and oxygen atoms in total. The molecule has 1 aromatic rings. The normalized spacial score (nSPS) is 12.1. The smallest absolute Gasteiger partial charge is 0.0233 e. The molecule has 0 saturated carbocycles. The summed E-state index contributed by atoms with van der Waals surface area (Å²) >= 11 is 0. The second-order valence-corrected chi connectivity index (χ2v) is 6.61. The average molecular weight is 276 g/mol. The van der Waals surface area contributed by atoms with Gasteiger partial charge in [-0.3, -0.25) is 4.90 Å². The molecule has 0 bridgehead atoms. The van der Waals surface area contributed by atoms with Crippen LogP contribution in [0.25, 0.3) is 0 Å². The van der Waals surface area contributed by atoms with Crippen molar-refractivity contribution in [3.8, 4) is 0 Å². The Morgan fingerprint density at radius 3 is 2.10 bits per heavy atom. The van der Waals surface area contributed by atoms with Crippen LogP contribution in [0.3, 0.4) is 0 Å². The second-order valence-electron chi connectivity index (χ2n) is 6.61. The second kappa shape index (κ2) is 8.43. The van der Waals surface area contributed by atoms with Crippen molar-refractivity contribution in [1.82, 2.24) is 10.2 Å². The molecule has 0 spiro atoms. The minimum atomic E-state index is 0.210. The van der Waals surface area contributed by atoms with Crippen molar-refractivity contribution in [3.63, 3.8) is 0 Å². The van der Waals surface area contributed by atoms with E-state index in [-0.39, 0.29) is 5.54 Å². The van der Waals surface area contributed by atoms with Gasteiger partial charge in [0.15, 0.2) is 0 Å². The summed E-state index contributed by atoms with van der Waals surface area (Å²) < 4.78 is 0. The van der Waals surface area contributed by atoms with E-state index in [2.05, 4.69) is 69.1 Å². The minimum absolute atomic E-state index is 0.210. The number of rotatable bonds is 8. The zero-order chi connectivity index (χ0) is 15.0. The molecule has 0 fully saturated rings. The maximum Gasteiger partial charge on any atom is 0.0233 e. The molecule has 2 heteroatoms. The summed E-state index contributed by atoms with van der Waals surface area (Å²) in [6, 6.07) is 9.12. The monoisotopic (exact) mass is 276 g/mol. The minimum Gasteiger partial charge on any atom is -0.312 e. The fraction of sp³-hybridized carbons (Fsp3) is 0.667. The van der Waals surface area contributed by atoms with Gasteiger partial charge in [0.1, 0.15) is 0 Å². The standard InChI is InChI=1S/C18H32N2/c1-6-14-20(7-2)15-17-10-8-16(9-11-17)12-13-19-18(3,4)5/h8-11,19H,6-7,12-15H2,1-5H3. The lowest BCUT2D eigenvalue weighted by atomic mass is 10.1. The third kappa shape index (κ3) is 7.06. The highest BCUT2D eigenvalue weighted by Gasteiger charge is 2.07. The molecule has 0 saturated heterocycles. The van der Waals surface area contributed by atoms with E-state index in [0.717, 1.165) is 26.1 Å². The molecule has 0 radical (unpaired) electrons. The van der Waals surface area contributed by atoms with Crippen LogP contribution in [0.2, 0.25) is 0 Å². The molecule has 0 amide bonds. The molecule has 0 aliphatic heterocycles. The highest BCUT2D eigenvalue weighted by atomic mass is 15.1. The van der Waals surface area contributed by atoms with Crippen molar-refractivity contribution in [2.45, 2.75) is 59.5 Å². The van der Waals surface area contributed by atoms with Crippen molar-refractivity contribution in [3.05, 3.63) is 35.4 Å². The van der Waals surface area contributed by atoms with Crippen LogP contribution in [-0.4, -0.2) is 30.1 Å². The Labute approximate surface area is 125 Å². The van der Waals surface area contributed by atoms with Crippen LogP contribution in [-0.2, 0) is 13.0 Å². The molecule has 0 unspecified atom stereocenters. The van der Waals surface area contributed by atoms with Gasteiger partial charge >= 0.3 is 0 Å². The Kier molecular flexibility index (Phi) is 7.25. The van der Waals surface area contributed by atoms with E-state index in [1.165, 1.54) is 24.1 Å². The summed E-state index contributed by atoms with van der Waals surface area (Å²) in [6.07, 6.45) is 2.33. The van der Waals surface area contributed by atoms with E-state index in [0.29, 0.717) is 0 Å². The number of benzene rings is 1. The summed E-state index contributed by atoms with van der Waals surface area (Å²) in [4.78, 5) is 2.50. The van der Waals surface area contributed by atoms with Crippen LogP contribution >= 0.6 is 0 Å². The first-order valence-corrected chi connectivity index (χ1v) is 7.99. The third-order valence-corrected chi connectivity index (χ3v) is 3.49. The fourth-order valence-electron chi connectivity index (χ4n) is 2.32. The van der Waals surface area contributed by atoms with E-state index in [1.54, 1.807) is 0 Å². The molecule has 0 atom stereocenters. The predicted octanol–water partition coefficient (Wildman–Crippen LogP) is 3.85. The van der Waals surface area contributed by atoms with Crippen LogP contribution in [0.15, 0.2) is 24.3 Å². The van der Waals surface area contributed by atoms with Crippen molar-refractivity contribution < 1.29 is 0 Å². The van der Waals surface area contributed by atoms with Gasteiger partial charge in [0.2, 0.25) is 0 Å². The van der Waals surface area contributed by atoms with Gasteiger partial charge in [0.25, 0.3) is 0 Å². The van der Waals surface area contributed by atoms with E-state index < -0.39 is 0 Å². The Hall–Kier alpha value is -0.860. The van der Waals surface area contributed by atoms with Crippen LogP contribution in [0, 0.1) is 0 Å². The molecule has 0 aliphatic carbocycles. The lowest BCUT2D eigenvalue weighted by molar-refractivity contribution is 0.280. The molecule has 1 rings (SSSR count). The number of hydrogen-bond donors (Lipinski definition) is 1. The molecular formula is C18H32N2. The molecule has 20 heavy (non-hydrogen) atoms. The lowest BCUT2D eigenvalue weighted by Gasteiger charge is -2.21. The first-order chi connectivity index (χ1) is 9.44. The van der Waals surface area contributed by atoms with Gasteiger partial charge < -0.3 is 5.32 Å². The van der Waals surface area contributed by atoms with E-state index in [1.807, 2.05) is 0 Å². The number of hydrogen-bond acceptors (Lipinski definition) is 2. The van der Waals surface area contributed by atoms with Crippen LogP contribution in [0.4, 0.5) is 0 Å². The quantitative estimate of drug-likeness (QED) is 0.776. The third-order valence-electron chi connectivity index (χ3n) is 3.49. The topological polar surface area (TPSA) is 15.3 Å². The first kappa shape index (κ1) is 17.2. The highest BCUT2D eigenvalue weighted by Crippen LogP contribution is 2.09. The molecule has 1 aromatic carbocycles. The van der Waals surface area contributed by atoms with Crippen molar-refractivity contribution >= 4 is 0 Å². The molecular weight excluding hydrogens is 244 g/mol. The zero-order valence-corrected chi connectivity index (χ0v) is 14.0. The van der Waals surface area contributed by atoms with Gasteiger partial charge in [-0.2, -0.15) is 0 Å². The van der Waals surface area contributed by atoms with Crippen molar-refractivity contribution in [1.29, 1.82) is 0 Å². The average Bonchev–Trinajstić information content (AvgIpc) is 2.38. The van der Waals surface area contributed by atoms with Crippen LogP contribution in [0.5, 0.6) is 0 Å². The summed E-state index contributed by atoms with van der Waals surface area (Å²) in [6.45, 7) is 15.6.